The van der Waals surface area contributed by atoms with Gasteiger partial charge in [-0.05, 0) is 69.4 Å². The Bertz CT molecular complexity index is 685. The number of halogens is 1. The number of aliphatic imine (C=N–C) groups is 1. The minimum atomic E-state index is 0.377. The summed E-state index contributed by atoms with van der Waals surface area (Å²) in [4.78, 5) is 9.45. The Hall–Kier alpha value is -1.34. The number of nitrogens with one attached hydrogen (secondary N) is 2. The summed E-state index contributed by atoms with van der Waals surface area (Å²) in [6, 6.07) is 9.25. The van der Waals surface area contributed by atoms with E-state index in [1.807, 2.05) is 13.1 Å². The second-order valence-electron chi connectivity index (χ2n) is 8.54. The number of methoxy groups -OCH3 is 1. The van der Waals surface area contributed by atoms with E-state index in [0.29, 0.717) is 18.0 Å². The third kappa shape index (κ3) is 6.33. The first-order valence-corrected chi connectivity index (χ1v) is 11.6. The molecule has 2 heterocycles. The molecule has 6 nitrogen and oxygen atoms in total. The first-order valence-electron chi connectivity index (χ1n) is 11.3. The summed E-state index contributed by atoms with van der Waals surface area (Å²) in [5.74, 6) is 1.41. The third-order valence-electron chi connectivity index (χ3n) is 6.54. The van der Waals surface area contributed by atoms with E-state index in [2.05, 4.69) is 50.7 Å². The normalized spacial score (nSPS) is 26.1. The van der Waals surface area contributed by atoms with Crippen LogP contribution in [0.4, 0.5) is 0 Å². The van der Waals surface area contributed by atoms with E-state index < -0.39 is 0 Å². The first kappa shape index (κ1) is 23.3. The van der Waals surface area contributed by atoms with Gasteiger partial charge in [0.05, 0.1) is 6.61 Å². The Morgan fingerprint density at radius 2 is 2.00 bits per heavy atom. The molecule has 0 radical (unpaired) electrons. The van der Waals surface area contributed by atoms with E-state index in [0.717, 1.165) is 50.3 Å². The maximum atomic E-state index is 6.28. The molecule has 1 aromatic carbocycles. The van der Waals surface area contributed by atoms with Crippen LogP contribution < -0.4 is 10.6 Å². The van der Waals surface area contributed by atoms with Crippen LogP contribution in [0, 0.1) is 5.92 Å². The zero-order valence-corrected chi connectivity index (χ0v) is 19.5. The molecule has 2 saturated heterocycles. The molecule has 3 atom stereocenters. The highest BCUT2D eigenvalue weighted by atomic mass is 35.5. The van der Waals surface area contributed by atoms with E-state index in [-0.39, 0.29) is 0 Å². The Labute approximate surface area is 187 Å². The van der Waals surface area contributed by atoms with Gasteiger partial charge in [0.2, 0.25) is 0 Å². The van der Waals surface area contributed by atoms with Crippen LogP contribution in [0.5, 0.6) is 0 Å². The highest BCUT2D eigenvalue weighted by Crippen LogP contribution is 2.35. The van der Waals surface area contributed by atoms with Crippen LogP contribution in [0.15, 0.2) is 29.3 Å². The Kier molecular flexibility index (Phi) is 9.25. The van der Waals surface area contributed by atoms with Crippen molar-refractivity contribution in [2.45, 2.75) is 37.8 Å². The summed E-state index contributed by atoms with van der Waals surface area (Å²) in [6.45, 7) is 5.91. The number of hydrogen-bond acceptors (Lipinski definition) is 4. The lowest BCUT2D eigenvalue weighted by molar-refractivity contribution is 0.122. The third-order valence-corrected chi connectivity index (χ3v) is 6.77. The number of piperidine rings is 1. The molecule has 0 aliphatic carbocycles. The van der Waals surface area contributed by atoms with E-state index in [1.165, 1.54) is 31.2 Å². The maximum absolute atomic E-state index is 6.28. The zero-order valence-electron chi connectivity index (χ0n) is 18.7. The quantitative estimate of drug-likeness (QED) is 0.485. The molecule has 2 N–H and O–H groups in total. The second kappa shape index (κ2) is 11.9. The molecule has 1 aromatic rings. The molecular weight excluding hydrogens is 398 g/mol. The molecule has 0 spiro atoms. The predicted octanol–water partition coefficient (Wildman–Crippen LogP) is 3.00. The molecule has 0 amide bonds. The average Bonchev–Trinajstić information content (AvgIpc) is 3.19. The SMILES string of the molecule is CN=C(NCC1CCCN(C)C1c1cccc(Cl)c1)NCC1CCCN1CCOC. The van der Waals surface area contributed by atoms with E-state index in [4.69, 9.17) is 16.3 Å². The fourth-order valence-electron chi connectivity index (χ4n) is 4.98. The zero-order chi connectivity index (χ0) is 21.3. The molecule has 0 aromatic heterocycles. The van der Waals surface area contributed by atoms with Crippen molar-refractivity contribution in [3.63, 3.8) is 0 Å². The number of nitrogens with zero attached hydrogens (tertiary/aromatic N) is 3. The molecule has 0 saturated carbocycles. The molecule has 3 unspecified atom stereocenters. The summed E-state index contributed by atoms with van der Waals surface area (Å²) in [5.41, 5.74) is 1.30. The summed E-state index contributed by atoms with van der Waals surface area (Å²) < 4.78 is 5.26. The number of hydrogen-bond donors (Lipinski definition) is 2. The van der Waals surface area contributed by atoms with Crippen LogP contribution in [-0.4, -0.2) is 82.3 Å². The predicted molar refractivity (Wildman–Crippen MR) is 125 cm³/mol. The standard InChI is InChI=1S/C23H38ClN5O/c1-25-23(27-17-21-10-6-12-29(21)13-14-30-3)26-16-19-8-5-11-28(2)22(19)18-7-4-9-20(24)15-18/h4,7,9,15,19,21-22H,5-6,8,10-14,16-17H2,1-3H3,(H2,25,26,27). The molecule has 2 aliphatic rings. The Balaban J connectivity index is 1.54. The number of benzene rings is 1. The van der Waals surface area contributed by atoms with Crippen molar-refractivity contribution in [2.24, 2.45) is 10.9 Å². The number of rotatable bonds is 8. The number of guanidine groups is 1. The van der Waals surface area contributed by atoms with Crippen molar-refractivity contribution in [3.8, 4) is 0 Å². The van der Waals surface area contributed by atoms with Crippen LogP contribution in [0.3, 0.4) is 0 Å². The molecule has 168 valence electrons. The van der Waals surface area contributed by atoms with Gasteiger partial charge in [0, 0.05) is 50.9 Å². The minimum absolute atomic E-state index is 0.377. The molecule has 30 heavy (non-hydrogen) atoms. The summed E-state index contributed by atoms with van der Waals surface area (Å²) in [6.07, 6.45) is 4.93. The molecule has 3 rings (SSSR count). The van der Waals surface area contributed by atoms with Crippen molar-refractivity contribution in [1.82, 2.24) is 20.4 Å². The molecular formula is C23H38ClN5O. The van der Waals surface area contributed by atoms with Gasteiger partial charge in [0.25, 0.3) is 0 Å². The van der Waals surface area contributed by atoms with Gasteiger partial charge in [0.15, 0.2) is 5.96 Å². The van der Waals surface area contributed by atoms with Crippen LogP contribution in [0.25, 0.3) is 0 Å². The topological polar surface area (TPSA) is 52.1 Å². The average molecular weight is 436 g/mol. The van der Waals surface area contributed by atoms with E-state index in [9.17, 15) is 0 Å². The van der Waals surface area contributed by atoms with Crippen LogP contribution >= 0.6 is 11.6 Å². The van der Waals surface area contributed by atoms with Gasteiger partial charge in [-0.15, -0.1) is 0 Å². The number of ether oxygens (including phenoxy) is 1. The first-order chi connectivity index (χ1) is 14.6. The van der Waals surface area contributed by atoms with Crippen LogP contribution in [0.1, 0.15) is 37.3 Å². The monoisotopic (exact) mass is 435 g/mol. The maximum Gasteiger partial charge on any atom is 0.191 e. The largest absolute Gasteiger partial charge is 0.383 e. The molecule has 7 heteroatoms. The van der Waals surface area contributed by atoms with Gasteiger partial charge in [-0.3, -0.25) is 14.8 Å². The van der Waals surface area contributed by atoms with Crippen molar-refractivity contribution in [3.05, 3.63) is 34.9 Å². The van der Waals surface area contributed by atoms with Crippen LogP contribution in [0.2, 0.25) is 5.02 Å². The van der Waals surface area contributed by atoms with Gasteiger partial charge < -0.3 is 15.4 Å². The summed E-state index contributed by atoms with van der Waals surface area (Å²) >= 11 is 6.28. The fraction of sp³-hybridized carbons (Fsp3) is 0.696. The van der Waals surface area contributed by atoms with Crippen molar-refractivity contribution in [1.29, 1.82) is 0 Å². The van der Waals surface area contributed by atoms with Gasteiger partial charge >= 0.3 is 0 Å². The Morgan fingerprint density at radius 1 is 1.20 bits per heavy atom. The van der Waals surface area contributed by atoms with Gasteiger partial charge in [0.1, 0.15) is 0 Å². The minimum Gasteiger partial charge on any atom is -0.383 e. The fourth-order valence-corrected chi connectivity index (χ4v) is 5.18. The molecule has 0 bridgehead atoms. The van der Waals surface area contributed by atoms with Gasteiger partial charge in [-0.1, -0.05) is 23.7 Å². The van der Waals surface area contributed by atoms with Crippen molar-refractivity contribution in [2.75, 3.05) is 60.5 Å². The van der Waals surface area contributed by atoms with E-state index >= 15 is 0 Å². The summed E-state index contributed by atoms with van der Waals surface area (Å²) in [5, 5.41) is 7.96. The van der Waals surface area contributed by atoms with E-state index in [1.54, 1.807) is 7.11 Å². The summed E-state index contributed by atoms with van der Waals surface area (Å²) in [7, 11) is 5.85. The highest BCUT2D eigenvalue weighted by Gasteiger charge is 2.31. The molecule has 2 aliphatic heterocycles. The second-order valence-corrected chi connectivity index (χ2v) is 8.98. The van der Waals surface area contributed by atoms with Gasteiger partial charge in [-0.2, -0.15) is 0 Å². The Morgan fingerprint density at radius 3 is 2.77 bits per heavy atom. The van der Waals surface area contributed by atoms with Crippen molar-refractivity contribution < 1.29 is 4.74 Å². The molecule has 2 fully saturated rings. The smallest absolute Gasteiger partial charge is 0.191 e. The lowest BCUT2D eigenvalue weighted by Crippen LogP contribution is -2.48. The highest BCUT2D eigenvalue weighted by molar-refractivity contribution is 6.30. The van der Waals surface area contributed by atoms with Gasteiger partial charge in [-0.25, -0.2) is 0 Å². The lowest BCUT2D eigenvalue weighted by Gasteiger charge is -2.40. The lowest BCUT2D eigenvalue weighted by atomic mass is 9.85. The van der Waals surface area contributed by atoms with Crippen molar-refractivity contribution >= 4 is 17.6 Å². The van der Waals surface area contributed by atoms with Crippen LogP contribution in [-0.2, 0) is 4.74 Å². The number of likely N-dealkylation sites (tertiary alicyclic amines) is 2.